The van der Waals surface area contributed by atoms with Crippen LogP contribution in [0.5, 0.6) is 0 Å². The molecule has 0 radical (unpaired) electrons. The minimum atomic E-state index is -3.35. The minimum absolute atomic E-state index is 0.00270. The highest BCUT2D eigenvalue weighted by atomic mass is 32.2. The molecule has 28 heavy (non-hydrogen) atoms. The molecule has 2 rings (SSSR count). The Kier molecular flexibility index (Phi) is 7.57. The highest BCUT2D eigenvalue weighted by Crippen LogP contribution is 2.23. The molecule has 1 aromatic carbocycles. The van der Waals surface area contributed by atoms with E-state index in [1.54, 1.807) is 25.4 Å². The van der Waals surface area contributed by atoms with E-state index in [4.69, 9.17) is 0 Å². The molecule has 0 aliphatic heterocycles. The van der Waals surface area contributed by atoms with Crippen LogP contribution in [0.15, 0.2) is 58.5 Å². The molecular weight excluding hydrogens is 372 g/mol. The van der Waals surface area contributed by atoms with Gasteiger partial charge in [-0.15, -0.1) is 0 Å². The van der Waals surface area contributed by atoms with Crippen LogP contribution in [-0.4, -0.2) is 45.3 Å². The summed E-state index contributed by atoms with van der Waals surface area (Å²) in [7, 11) is -1.68. The lowest BCUT2D eigenvalue weighted by molar-refractivity contribution is 0.586. The summed E-state index contributed by atoms with van der Waals surface area (Å²) >= 11 is 0. The average Bonchev–Trinajstić information content (AvgIpc) is 2.67. The molecular formula is C21H30N4O2S. The van der Waals surface area contributed by atoms with Crippen molar-refractivity contribution in [2.24, 2.45) is 4.99 Å². The number of sulfone groups is 1. The van der Waals surface area contributed by atoms with Gasteiger partial charge in [0.15, 0.2) is 15.8 Å². The maximum atomic E-state index is 12.6. The fraction of sp³-hybridized carbons (Fsp3) is 0.429. The molecule has 1 aromatic heterocycles. The number of aliphatic imine (C=N–C) groups is 1. The highest BCUT2D eigenvalue weighted by Gasteiger charge is 2.17. The first-order chi connectivity index (χ1) is 13.2. The Morgan fingerprint density at radius 2 is 1.71 bits per heavy atom. The second-order valence-corrected chi connectivity index (χ2v) is 9.70. The van der Waals surface area contributed by atoms with E-state index in [0.717, 1.165) is 17.7 Å². The van der Waals surface area contributed by atoms with Gasteiger partial charge >= 0.3 is 0 Å². The molecule has 7 heteroatoms. The lowest BCUT2D eigenvalue weighted by atomic mass is 9.87. The Hall–Kier alpha value is -2.41. The van der Waals surface area contributed by atoms with Gasteiger partial charge < -0.3 is 10.6 Å². The first kappa shape index (κ1) is 21.9. The summed E-state index contributed by atoms with van der Waals surface area (Å²) in [5.41, 5.74) is 2.10. The number of hydrogen-bond acceptors (Lipinski definition) is 4. The Labute approximate surface area is 168 Å². The van der Waals surface area contributed by atoms with Gasteiger partial charge in [-0.1, -0.05) is 39.0 Å². The van der Waals surface area contributed by atoms with Gasteiger partial charge in [0, 0.05) is 38.4 Å². The van der Waals surface area contributed by atoms with Crippen LogP contribution < -0.4 is 10.6 Å². The third-order valence-electron chi connectivity index (χ3n) is 4.37. The number of nitrogens with one attached hydrogen (secondary N) is 2. The van der Waals surface area contributed by atoms with Crippen LogP contribution in [0.2, 0.25) is 0 Å². The predicted molar refractivity (Wildman–Crippen MR) is 115 cm³/mol. The van der Waals surface area contributed by atoms with Crippen molar-refractivity contribution < 1.29 is 8.42 Å². The number of rotatable bonds is 7. The first-order valence-electron chi connectivity index (χ1n) is 9.40. The van der Waals surface area contributed by atoms with Crippen LogP contribution in [0.3, 0.4) is 0 Å². The number of nitrogens with zero attached hydrogens (tertiary/aromatic N) is 2. The standard InChI is InChI=1S/C21H30N4O2S/c1-21(2,3)17-8-10-19(11-9-17)28(26,27)16-15-25-20(22-4)24-14-12-18-7-5-6-13-23-18/h5-11,13H,12,14-16H2,1-4H3,(H2,22,24,25). The van der Waals surface area contributed by atoms with Crippen molar-refractivity contribution in [1.82, 2.24) is 15.6 Å². The number of benzene rings is 1. The second kappa shape index (κ2) is 9.68. The third-order valence-corrected chi connectivity index (χ3v) is 6.10. The van der Waals surface area contributed by atoms with Crippen molar-refractivity contribution in [3.8, 4) is 0 Å². The maximum absolute atomic E-state index is 12.6. The molecule has 0 bridgehead atoms. The van der Waals surface area contributed by atoms with Crippen LogP contribution in [0, 0.1) is 0 Å². The van der Waals surface area contributed by atoms with Gasteiger partial charge in [-0.2, -0.15) is 0 Å². The van der Waals surface area contributed by atoms with Crippen molar-refractivity contribution in [2.75, 3.05) is 25.9 Å². The van der Waals surface area contributed by atoms with Crippen molar-refractivity contribution in [3.63, 3.8) is 0 Å². The highest BCUT2D eigenvalue weighted by molar-refractivity contribution is 7.91. The van der Waals surface area contributed by atoms with E-state index in [1.807, 2.05) is 30.3 Å². The van der Waals surface area contributed by atoms with E-state index in [9.17, 15) is 8.42 Å². The first-order valence-corrected chi connectivity index (χ1v) is 11.1. The molecule has 0 aliphatic carbocycles. The normalized spacial score (nSPS) is 12.6. The largest absolute Gasteiger partial charge is 0.356 e. The molecule has 1 heterocycles. The van der Waals surface area contributed by atoms with Crippen molar-refractivity contribution in [3.05, 3.63) is 59.9 Å². The SMILES string of the molecule is CN=C(NCCc1ccccn1)NCCS(=O)(=O)c1ccc(C(C)(C)C)cc1. The van der Waals surface area contributed by atoms with Gasteiger partial charge in [0.25, 0.3) is 0 Å². The molecule has 0 unspecified atom stereocenters. The van der Waals surface area contributed by atoms with Gasteiger partial charge in [-0.3, -0.25) is 9.98 Å². The molecule has 2 aromatic rings. The fourth-order valence-electron chi connectivity index (χ4n) is 2.66. The van der Waals surface area contributed by atoms with Crippen LogP contribution in [0.1, 0.15) is 32.0 Å². The zero-order valence-electron chi connectivity index (χ0n) is 17.1. The Bertz CT molecular complexity index is 871. The van der Waals surface area contributed by atoms with Gasteiger partial charge in [-0.05, 0) is 35.2 Å². The number of pyridine rings is 1. The van der Waals surface area contributed by atoms with Crippen LogP contribution in [-0.2, 0) is 21.7 Å². The Balaban J connectivity index is 1.82. The summed E-state index contributed by atoms with van der Waals surface area (Å²) < 4.78 is 25.1. The second-order valence-electron chi connectivity index (χ2n) is 7.59. The number of hydrogen-bond donors (Lipinski definition) is 2. The lowest BCUT2D eigenvalue weighted by Gasteiger charge is -2.19. The summed E-state index contributed by atoms with van der Waals surface area (Å²) in [6, 6.07) is 13.0. The van der Waals surface area contributed by atoms with Gasteiger partial charge in [0.1, 0.15) is 0 Å². The summed E-state index contributed by atoms with van der Waals surface area (Å²) in [6.45, 7) is 7.26. The van der Waals surface area contributed by atoms with E-state index in [0.29, 0.717) is 17.4 Å². The zero-order valence-corrected chi connectivity index (χ0v) is 17.9. The van der Waals surface area contributed by atoms with Crippen LogP contribution >= 0.6 is 0 Å². The van der Waals surface area contributed by atoms with Crippen LogP contribution in [0.4, 0.5) is 0 Å². The summed E-state index contributed by atoms with van der Waals surface area (Å²) in [6.07, 6.45) is 2.53. The van der Waals surface area contributed by atoms with Crippen molar-refractivity contribution >= 4 is 15.8 Å². The molecule has 6 nitrogen and oxygen atoms in total. The van der Waals surface area contributed by atoms with Gasteiger partial charge in [0.2, 0.25) is 0 Å². The monoisotopic (exact) mass is 402 g/mol. The molecule has 0 saturated carbocycles. The maximum Gasteiger partial charge on any atom is 0.191 e. The Morgan fingerprint density at radius 3 is 2.29 bits per heavy atom. The van der Waals surface area contributed by atoms with Gasteiger partial charge in [-0.25, -0.2) is 8.42 Å². The van der Waals surface area contributed by atoms with Crippen molar-refractivity contribution in [2.45, 2.75) is 37.5 Å². The van der Waals surface area contributed by atoms with E-state index in [2.05, 4.69) is 41.4 Å². The summed E-state index contributed by atoms with van der Waals surface area (Å²) in [5, 5.41) is 6.23. The van der Waals surface area contributed by atoms with E-state index in [-0.39, 0.29) is 17.7 Å². The number of guanidine groups is 1. The average molecular weight is 403 g/mol. The molecule has 0 fully saturated rings. The molecule has 0 spiro atoms. The van der Waals surface area contributed by atoms with Gasteiger partial charge in [0.05, 0.1) is 10.6 Å². The zero-order chi connectivity index (χ0) is 20.6. The molecule has 0 saturated heterocycles. The molecule has 0 atom stereocenters. The Morgan fingerprint density at radius 1 is 1.04 bits per heavy atom. The quantitative estimate of drug-likeness (QED) is 0.549. The van der Waals surface area contributed by atoms with E-state index >= 15 is 0 Å². The third kappa shape index (κ3) is 6.64. The topological polar surface area (TPSA) is 83.4 Å². The van der Waals surface area contributed by atoms with Crippen molar-refractivity contribution in [1.29, 1.82) is 0 Å². The summed E-state index contributed by atoms with van der Waals surface area (Å²) in [4.78, 5) is 8.75. The van der Waals surface area contributed by atoms with E-state index in [1.165, 1.54) is 0 Å². The van der Waals surface area contributed by atoms with Crippen LogP contribution in [0.25, 0.3) is 0 Å². The predicted octanol–water partition coefficient (Wildman–Crippen LogP) is 2.56. The summed E-state index contributed by atoms with van der Waals surface area (Å²) in [5.74, 6) is 0.581. The number of aromatic nitrogens is 1. The fourth-order valence-corrected chi connectivity index (χ4v) is 3.82. The molecule has 0 aliphatic rings. The molecule has 2 N–H and O–H groups in total. The smallest absolute Gasteiger partial charge is 0.191 e. The van der Waals surface area contributed by atoms with E-state index < -0.39 is 9.84 Å². The molecule has 0 amide bonds. The lowest BCUT2D eigenvalue weighted by Crippen LogP contribution is -2.40. The molecule has 152 valence electrons. The minimum Gasteiger partial charge on any atom is -0.356 e.